The van der Waals surface area contributed by atoms with Crippen molar-refractivity contribution in [3.05, 3.63) is 117 Å². The van der Waals surface area contributed by atoms with Crippen LogP contribution in [0.2, 0.25) is 15.1 Å². The van der Waals surface area contributed by atoms with Crippen molar-refractivity contribution in [3.8, 4) is 0 Å². The van der Waals surface area contributed by atoms with Crippen LogP contribution in [0.1, 0.15) is 17.5 Å². The largest absolute Gasteiger partial charge is 0.364 e. The van der Waals surface area contributed by atoms with Crippen LogP contribution < -0.4 is 15.1 Å². The zero-order valence-corrected chi connectivity index (χ0v) is 24.4. The third-order valence-electron chi connectivity index (χ3n) is 6.59. The summed E-state index contributed by atoms with van der Waals surface area (Å²) in [6.07, 6.45) is -1.67. The molecule has 0 radical (unpaired) electrons. The maximum Gasteiger partial charge on any atom is 0.276 e. The Morgan fingerprint density at radius 1 is 0.786 bits per heavy atom. The van der Waals surface area contributed by atoms with Gasteiger partial charge in [0.05, 0.1) is 22.8 Å². The lowest BCUT2D eigenvalue weighted by molar-refractivity contribution is -0.126. The maximum atomic E-state index is 12.5. The molecule has 2 heterocycles. The van der Waals surface area contributed by atoms with Gasteiger partial charge in [-0.25, -0.2) is 4.99 Å². The summed E-state index contributed by atoms with van der Waals surface area (Å²) in [4.78, 5) is 43.5. The number of halogens is 3. The van der Waals surface area contributed by atoms with Crippen molar-refractivity contribution in [1.82, 2.24) is 0 Å². The van der Waals surface area contributed by atoms with Crippen molar-refractivity contribution in [2.45, 2.75) is 12.6 Å². The van der Waals surface area contributed by atoms with E-state index >= 15 is 0 Å². The van der Waals surface area contributed by atoms with E-state index in [9.17, 15) is 19.5 Å². The number of hydrogen-bond donors (Lipinski definition) is 2. The van der Waals surface area contributed by atoms with Crippen LogP contribution in [0.4, 0.5) is 22.7 Å². The van der Waals surface area contributed by atoms with Crippen molar-refractivity contribution in [2.75, 3.05) is 22.2 Å². The number of fused-ring (bicyclic) bond motifs is 2. The number of hydrogen-bond acceptors (Lipinski definition) is 5. The lowest BCUT2D eigenvalue weighted by Crippen LogP contribution is -2.28. The molecule has 0 fully saturated rings. The fourth-order valence-electron chi connectivity index (χ4n) is 4.55. The molecule has 3 amide bonds. The average molecular weight is 622 g/mol. The van der Waals surface area contributed by atoms with Crippen molar-refractivity contribution in [2.24, 2.45) is 4.99 Å². The van der Waals surface area contributed by atoms with Gasteiger partial charge in [-0.15, -0.1) is 0 Å². The SMILES string of the molecule is CN1C(=O)CC(=O)N(c2ccccc2)c2cc(Cl)ccc21.O=C1Nc2ccc(Cl)cc2C(c2ccccc2Cl)=NC1O. The molecule has 0 spiro atoms. The van der Waals surface area contributed by atoms with Crippen LogP contribution in [0.5, 0.6) is 0 Å². The topological polar surface area (TPSA) is 102 Å². The Bertz CT molecular complexity index is 1730. The van der Waals surface area contributed by atoms with Crippen LogP contribution in [0.25, 0.3) is 0 Å². The molecule has 8 nitrogen and oxygen atoms in total. The smallest absolute Gasteiger partial charge is 0.276 e. The van der Waals surface area contributed by atoms with Crippen LogP contribution in [-0.4, -0.2) is 41.8 Å². The summed E-state index contributed by atoms with van der Waals surface area (Å²) < 4.78 is 0. The zero-order chi connectivity index (χ0) is 30.0. The van der Waals surface area contributed by atoms with Gasteiger partial charge in [0, 0.05) is 38.9 Å². The molecule has 2 N–H and O–H groups in total. The van der Waals surface area contributed by atoms with E-state index in [0.29, 0.717) is 54.7 Å². The molecule has 2 aliphatic rings. The molecule has 1 unspecified atom stereocenters. The number of aliphatic imine (C=N–C) groups is 1. The fraction of sp³-hybridized carbons (Fsp3) is 0.0968. The summed E-state index contributed by atoms with van der Waals surface area (Å²) in [5, 5.41) is 14.0. The first kappa shape index (κ1) is 29.3. The molecule has 2 aliphatic heterocycles. The second-order valence-corrected chi connectivity index (χ2v) is 10.6. The number of amides is 3. The molecule has 4 aromatic carbocycles. The van der Waals surface area contributed by atoms with E-state index in [0.717, 1.165) is 0 Å². The minimum absolute atomic E-state index is 0.169. The average Bonchev–Trinajstić information content (AvgIpc) is 3.15. The molecular formula is C31H23Cl3N4O4. The van der Waals surface area contributed by atoms with E-state index in [1.165, 1.54) is 4.90 Å². The quantitative estimate of drug-likeness (QED) is 0.250. The highest BCUT2D eigenvalue weighted by atomic mass is 35.5. The van der Waals surface area contributed by atoms with Crippen molar-refractivity contribution >= 4 is 81.0 Å². The highest BCUT2D eigenvalue weighted by Crippen LogP contribution is 2.39. The van der Waals surface area contributed by atoms with E-state index in [1.54, 1.807) is 72.6 Å². The van der Waals surface area contributed by atoms with Crippen molar-refractivity contribution < 1.29 is 19.5 Å². The first-order chi connectivity index (χ1) is 20.1. The number of para-hydroxylation sites is 1. The fourth-order valence-corrected chi connectivity index (χ4v) is 5.12. The molecule has 0 saturated heterocycles. The highest BCUT2D eigenvalue weighted by Gasteiger charge is 2.31. The third kappa shape index (κ3) is 6.03. The standard InChI is InChI=1S/C16H13ClN2O2.C15H10Cl2N2O2/c1-18-13-8-7-11(17)9-14(13)19(16(21)10-15(18)20)12-5-3-2-4-6-12;16-8-5-6-12-10(7-8)13(19-15(21)14(20)18-12)9-3-1-2-4-11(9)17/h2-9H,10H2,1H3;1-7,15,21H,(H,18,20). The second kappa shape index (κ2) is 12.3. The van der Waals surface area contributed by atoms with Crippen LogP contribution in [0.15, 0.2) is 96.0 Å². The monoisotopic (exact) mass is 620 g/mol. The third-order valence-corrected chi connectivity index (χ3v) is 7.39. The van der Waals surface area contributed by atoms with E-state index < -0.39 is 12.1 Å². The summed E-state index contributed by atoms with van der Waals surface area (Å²) in [7, 11) is 1.66. The first-order valence-electron chi connectivity index (χ1n) is 12.7. The van der Waals surface area contributed by atoms with Crippen LogP contribution in [0.3, 0.4) is 0 Å². The predicted octanol–water partition coefficient (Wildman–Crippen LogP) is 6.47. The molecule has 0 bridgehead atoms. The Morgan fingerprint density at radius 3 is 2.19 bits per heavy atom. The lowest BCUT2D eigenvalue weighted by atomic mass is 10.0. The van der Waals surface area contributed by atoms with E-state index in [1.807, 2.05) is 30.3 Å². The molecule has 0 aromatic heterocycles. The Labute approximate surface area is 256 Å². The van der Waals surface area contributed by atoms with Crippen molar-refractivity contribution in [3.63, 3.8) is 0 Å². The van der Waals surface area contributed by atoms with Gasteiger partial charge in [-0.3, -0.25) is 19.3 Å². The number of benzene rings is 4. The molecule has 42 heavy (non-hydrogen) atoms. The summed E-state index contributed by atoms with van der Waals surface area (Å²) in [5.41, 5.74) is 4.18. The zero-order valence-electron chi connectivity index (χ0n) is 22.1. The number of aliphatic hydroxyl groups excluding tert-OH is 1. The van der Waals surface area contributed by atoms with Gasteiger partial charge in [0.2, 0.25) is 18.0 Å². The Kier molecular flexibility index (Phi) is 8.61. The van der Waals surface area contributed by atoms with Gasteiger partial charge in [0.15, 0.2) is 0 Å². The number of carbonyl (C=O) groups excluding carboxylic acids is 3. The number of benzodiazepines with no additional fused rings is 1. The summed E-state index contributed by atoms with van der Waals surface area (Å²) >= 11 is 18.3. The number of nitrogens with zero attached hydrogens (tertiary/aromatic N) is 3. The van der Waals surface area contributed by atoms with Gasteiger partial charge >= 0.3 is 0 Å². The number of rotatable bonds is 2. The minimum Gasteiger partial charge on any atom is -0.364 e. The van der Waals surface area contributed by atoms with Gasteiger partial charge in [0.25, 0.3) is 5.91 Å². The number of carbonyl (C=O) groups is 3. The van der Waals surface area contributed by atoms with Crippen LogP contribution in [-0.2, 0) is 14.4 Å². The summed E-state index contributed by atoms with van der Waals surface area (Å²) in [6, 6.07) is 26.5. The molecule has 0 saturated carbocycles. The second-order valence-electron chi connectivity index (χ2n) is 9.34. The molecule has 6 rings (SSSR count). The van der Waals surface area contributed by atoms with Gasteiger partial charge in [-0.05, 0) is 54.6 Å². The van der Waals surface area contributed by atoms with E-state index in [2.05, 4.69) is 10.3 Å². The van der Waals surface area contributed by atoms with Gasteiger partial charge in [-0.2, -0.15) is 0 Å². The number of aliphatic hydroxyl groups is 1. The highest BCUT2D eigenvalue weighted by molar-refractivity contribution is 6.37. The molecular weight excluding hydrogens is 599 g/mol. The Hall–Kier alpha value is -4.21. The maximum absolute atomic E-state index is 12.5. The minimum atomic E-state index is -1.50. The van der Waals surface area contributed by atoms with Crippen molar-refractivity contribution in [1.29, 1.82) is 0 Å². The van der Waals surface area contributed by atoms with Crippen LogP contribution in [0, 0.1) is 0 Å². The lowest BCUT2D eigenvalue weighted by Gasteiger charge is -2.24. The predicted molar refractivity (Wildman–Crippen MR) is 166 cm³/mol. The van der Waals surface area contributed by atoms with Crippen LogP contribution >= 0.6 is 34.8 Å². The molecule has 1 atom stereocenters. The van der Waals surface area contributed by atoms with Gasteiger partial charge in [0.1, 0.15) is 6.42 Å². The summed E-state index contributed by atoms with van der Waals surface area (Å²) in [5.74, 6) is -1.10. The number of anilines is 4. The molecule has 4 aromatic rings. The van der Waals surface area contributed by atoms with E-state index in [4.69, 9.17) is 34.8 Å². The summed E-state index contributed by atoms with van der Waals surface area (Å²) in [6.45, 7) is 0. The van der Waals surface area contributed by atoms with Gasteiger partial charge < -0.3 is 15.3 Å². The van der Waals surface area contributed by atoms with E-state index in [-0.39, 0.29) is 18.2 Å². The Morgan fingerprint density at radius 2 is 1.45 bits per heavy atom. The molecule has 212 valence electrons. The Balaban J connectivity index is 0.000000168. The molecule has 0 aliphatic carbocycles. The normalized spacial score (nSPS) is 16.3. The first-order valence-corrected chi connectivity index (χ1v) is 13.8. The molecule has 11 heteroatoms. The van der Waals surface area contributed by atoms with Gasteiger partial charge in [-0.1, -0.05) is 71.2 Å². The number of nitrogens with one attached hydrogen (secondary N) is 1.